The minimum atomic E-state index is -0.727. The van der Waals surface area contributed by atoms with Crippen molar-refractivity contribution in [2.45, 2.75) is 19.4 Å². The molecule has 1 aromatic heterocycles. The molecule has 1 heterocycles. The van der Waals surface area contributed by atoms with Crippen LogP contribution in [-0.4, -0.2) is 22.6 Å². The quantitative estimate of drug-likeness (QED) is 0.733. The first-order valence-electron chi connectivity index (χ1n) is 4.38. The maximum atomic E-state index is 11.0. The molecule has 1 atom stereocenters. The molecule has 76 valence electrons. The summed E-state index contributed by atoms with van der Waals surface area (Å²) < 4.78 is 0. The monoisotopic (exact) mass is 194 g/mol. The number of nitrogens with one attached hydrogen (secondary N) is 1. The summed E-state index contributed by atoms with van der Waals surface area (Å²) >= 11 is 0. The molecule has 0 saturated carbocycles. The van der Waals surface area contributed by atoms with Crippen LogP contribution in [-0.2, 0) is 10.3 Å². The average Bonchev–Trinajstić information content (AvgIpc) is 2.18. The van der Waals surface area contributed by atoms with Gasteiger partial charge in [-0.2, -0.15) is 0 Å². The third-order valence-corrected chi connectivity index (χ3v) is 2.09. The Hall–Kier alpha value is -1.42. The summed E-state index contributed by atoms with van der Waals surface area (Å²) in [4.78, 5) is 14.8. The Morgan fingerprint density at radius 1 is 1.57 bits per heavy atom. The summed E-state index contributed by atoms with van der Waals surface area (Å²) in [7, 11) is 0. The zero-order valence-electron chi connectivity index (χ0n) is 8.32. The van der Waals surface area contributed by atoms with Crippen molar-refractivity contribution in [1.29, 1.82) is 0 Å². The van der Waals surface area contributed by atoms with Crippen molar-refractivity contribution in [3.8, 4) is 0 Å². The van der Waals surface area contributed by atoms with Gasteiger partial charge in [-0.05, 0) is 24.6 Å². The van der Waals surface area contributed by atoms with E-state index in [1.807, 2.05) is 0 Å². The van der Waals surface area contributed by atoms with Gasteiger partial charge in [-0.1, -0.05) is 0 Å². The van der Waals surface area contributed by atoms with Gasteiger partial charge >= 0.3 is 0 Å². The molecule has 14 heavy (non-hydrogen) atoms. The van der Waals surface area contributed by atoms with Crippen molar-refractivity contribution in [3.63, 3.8) is 0 Å². The average molecular weight is 194 g/mol. The van der Waals surface area contributed by atoms with Crippen LogP contribution in [0.1, 0.15) is 19.4 Å². The lowest BCUT2D eigenvalue weighted by Crippen LogP contribution is -2.45. The molecule has 0 unspecified atom stereocenters. The van der Waals surface area contributed by atoms with E-state index in [9.17, 15) is 9.90 Å². The predicted molar refractivity (Wildman–Crippen MR) is 52.5 cm³/mol. The highest BCUT2D eigenvalue weighted by atomic mass is 16.3. The fraction of sp³-hybridized carbons (Fsp3) is 0.400. The van der Waals surface area contributed by atoms with Crippen LogP contribution < -0.4 is 5.32 Å². The van der Waals surface area contributed by atoms with Gasteiger partial charge in [0.1, 0.15) is 0 Å². The summed E-state index contributed by atoms with van der Waals surface area (Å²) in [5.74, 6) is -0.168. The number of aliphatic hydroxyl groups is 1. The van der Waals surface area contributed by atoms with E-state index in [1.165, 1.54) is 6.92 Å². The highest BCUT2D eigenvalue weighted by molar-refractivity contribution is 5.74. The van der Waals surface area contributed by atoms with Crippen LogP contribution in [0.15, 0.2) is 24.5 Å². The van der Waals surface area contributed by atoms with Crippen molar-refractivity contribution >= 4 is 5.91 Å². The third-order valence-electron chi connectivity index (χ3n) is 2.09. The predicted octanol–water partition coefficient (Wildman–Crippen LogP) is 0.425. The third kappa shape index (κ3) is 2.29. The van der Waals surface area contributed by atoms with E-state index in [1.54, 1.807) is 31.5 Å². The molecule has 0 aromatic carbocycles. The molecule has 0 aliphatic heterocycles. The van der Waals surface area contributed by atoms with Crippen molar-refractivity contribution in [1.82, 2.24) is 10.3 Å². The van der Waals surface area contributed by atoms with Gasteiger partial charge in [-0.15, -0.1) is 0 Å². The Labute approximate surface area is 83.0 Å². The van der Waals surface area contributed by atoms with Crippen molar-refractivity contribution in [2.24, 2.45) is 0 Å². The molecule has 2 N–H and O–H groups in total. The van der Waals surface area contributed by atoms with E-state index in [0.29, 0.717) is 0 Å². The van der Waals surface area contributed by atoms with Crippen LogP contribution in [0.3, 0.4) is 0 Å². The first kappa shape index (κ1) is 10.7. The molecule has 4 nitrogen and oxygen atoms in total. The number of aliphatic hydroxyl groups excluding tert-OH is 1. The number of pyridine rings is 1. The van der Waals surface area contributed by atoms with Gasteiger partial charge in [0, 0.05) is 19.3 Å². The lowest BCUT2D eigenvalue weighted by molar-refractivity contribution is -0.121. The fourth-order valence-electron chi connectivity index (χ4n) is 1.31. The molecule has 0 aliphatic carbocycles. The van der Waals surface area contributed by atoms with Gasteiger partial charge < -0.3 is 10.4 Å². The molecule has 0 radical (unpaired) electrons. The summed E-state index contributed by atoms with van der Waals surface area (Å²) in [6, 6.07) is 3.54. The standard InChI is InChI=1S/C10H14N2O2/c1-8(14)12-10(2,7-13)9-3-5-11-6-4-9/h3-6,13H,7H2,1-2H3,(H,12,14)/t10-/m1/s1. The minimum Gasteiger partial charge on any atom is -0.394 e. The van der Waals surface area contributed by atoms with Crippen molar-refractivity contribution in [2.75, 3.05) is 6.61 Å². The van der Waals surface area contributed by atoms with E-state index in [-0.39, 0.29) is 12.5 Å². The number of aromatic nitrogens is 1. The van der Waals surface area contributed by atoms with Gasteiger partial charge in [0.2, 0.25) is 5.91 Å². The number of rotatable bonds is 3. The zero-order valence-corrected chi connectivity index (χ0v) is 8.32. The number of amides is 1. The molecule has 4 heteroatoms. The van der Waals surface area contributed by atoms with Crippen molar-refractivity contribution < 1.29 is 9.90 Å². The maximum Gasteiger partial charge on any atom is 0.217 e. The Morgan fingerprint density at radius 3 is 2.57 bits per heavy atom. The van der Waals surface area contributed by atoms with Gasteiger partial charge in [0.05, 0.1) is 12.1 Å². The van der Waals surface area contributed by atoms with Crippen molar-refractivity contribution in [3.05, 3.63) is 30.1 Å². The highest BCUT2D eigenvalue weighted by Crippen LogP contribution is 2.18. The molecule has 0 saturated heterocycles. The van der Waals surface area contributed by atoms with Gasteiger partial charge in [0.15, 0.2) is 0 Å². The first-order valence-corrected chi connectivity index (χ1v) is 4.38. The van der Waals surface area contributed by atoms with Gasteiger partial charge in [-0.3, -0.25) is 9.78 Å². The van der Waals surface area contributed by atoms with Crippen LogP contribution >= 0.6 is 0 Å². The molecular formula is C10H14N2O2. The number of hydrogen-bond acceptors (Lipinski definition) is 3. The Morgan fingerprint density at radius 2 is 2.14 bits per heavy atom. The van der Waals surface area contributed by atoms with Crippen LogP contribution in [0, 0.1) is 0 Å². The SMILES string of the molecule is CC(=O)N[C@](C)(CO)c1ccncc1. The van der Waals surface area contributed by atoms with E-state index in [4.69, 9.17) is 0 Å². The van der Waals surface area contributed by atoms with Crippen LogP contribution in [0.5, 0.6) is 0 Å². The molecule has 0 spiro atoms. The largest absolute Gasteiger partial charge is 0.394 e. The Bertz CT molecular complexity index is 313. The van der Waals surface area contributed by atoms with Crippen LogP contribution in [0.4, 0.5) is 0 Å². The molecular weight excluding hydrogens is 180 g/mol. The Balaban J connectivity index is 2.95. The van der Waals surface area contributed by atoms with Gasteiger partial charge in [0.25, 0.3) is 0 Å². The maximum absolute atomic E-state index is 11.0. The second-order valence-corrected chi connectivity index (χ2v) is 3.41. The van der Waals surface area contributed by atoms with E-state index in [2.05, 4.69) is 10.3 Å². The smallest absolute Gasteiger partial charge is 0.217 e. The van der Waals surface area contributed by atoms with Crippen LogP contribution in [0.25, 0.3) is 0 Å². The van der Waals surface area contributed by atoms with Gasteiger partial charge in [-0.25, -0.2) is 0 Å². The summed E-state index contributed by atoms with van der Waals surface area (Å²) in [6.45, 7) is 3.05. The first-order chi connectivity index (χ1) is 6.58. The van der Waals surface area contributed by atoms with Crippen LogP contribution in [0.2, 0.25) is 0 Å². The summed E-state index contributed by atoms with van der Waals surface area (Å²) in [6.07, 6.45) is 3.26. The molecule has 0 aliphatic rings. The minimum absolute atomic E-state index is 0.142. The normalized spacial score (nSPS) is 14.5. The second kappa shape index (κ2) is 4.19. The number of hydrogen-bond donors (Lipinski definition) is 2. The summed E-state index contributed by atoms with van der Waals surface area (Å²) in [5.41, 5.74) is 0.111. The number of nitrogens with zero attached hydrogens (tertiary/aromatic N) is 1. The van der Waals surface area contributed by atoms with E-state index in [0.717, 1.165) is 5.56 Å². The fourth-order valence-corrected chi connectivity index (χ4v) is 1.31. The summed E-state index contributed by atoms with van der Waals surface area (Å²) in [5, 5.41) is 12.0. The molecule has 0 fully saturated rings. The van der Waals surface area contributed by atoms with E-state index < -0.39 is 5.54 Å². The molecule has 0 bridgehead atoms. The Kier molecular flexibility index (Phi) is 3.19. The molecule has 1 aromatic rings. The number of carbonyl (C=O) groups is 1. The van der Waals surface area contributed by atoms with E-state index >= 15 is 0 Å². The lowest BCUT2D eigenvalue weighted by atomic mass is 9.94. The lowest BCUT2D eigenvalue weighted by Gasteiger charge is -2.28. The highest BCUT2D eigenvalue weighted by Gasteiger charge is 2.26. The zero-order chi connectivity index (χ0) is 10.6. The molecule has 1 amide bonds. The molecule has 1 rings (SSSR count). The topological polar surface area (TPSA) is 62.2 Å². The second-order valence-electron chi connectivity index (χ2n) is 3.41. The number of carbonyl (C=O) groups excluding carboxylic acids is 1.